The normalized spacial score (nSPS) is 18.4. The third kappa shape index (κ3) is 4.00. The van der Waals surface area contributed by atoms with Crippen molar-refractivity contribution in [3.05, 3.63) is 0 Å². The third-order valence-corrected chi connectivity index (χ3v) is 3.05. The van der Waals surface area contributed by atoms with Gasteiger partial charge in [-0.1, -0.05) is 0 Å². The lowest BCUT2D eigenvalue weighted by molar-refractivity contribution is -0.135. The molecule has 1 amide bonds. The Kier molecular flexibility index (Phi) is 5.23. The molecular formula is C9H17NO2S. The van der Waals surface area contributed by atoms with Crippen LogP contribution in [0.15, 0.2) is 0 Å². The number of hydrogen-bond acceptors (Lipinski definition) is 3. The molecule has 0 spiro atoms. The largest absolute Gasteiger partial charge is 0.372 e. The van der Waals surface area contributed by atoms with Crippen molar-refractivity contribution in [2.45, 2.75) is 13.3 Å². The van der Waals surface area contributed by atoms with Crippen LogP contribution < -0.4 is 0 Å². The fourth-order valence-corrected chi connectivity index (χ4v) is 2.16. The van der Waals surface area contributed by atoms with Crippen LogP contribution in [0.25, 0.3) is 0 Å². The molecule has 0 N–H and O–H groups in total. The minimum Gasteiger partial charge on any atom is -0.372 e. The Bertz CT molecular complexity index is 156. The molecule has 76 valence electrons. The van der Waals surface area contributed by atoms with E-state index < -0.39 is 0 Å². The lowest BCUT2D eigenvalue weighted by atomic mass is 10.4. The van der Waals surface area contributed by atoms with Crippen molar-refractivity contribution in [2.75, 3.05) is 37.8 Å². The van der Waals surface area contributed by atoms with Gasteiger partial charge in [0, 0.05) is 25.4 Å². The maximum Gasteiger partial charge on any atom is 0.248 e. The lowest BCUT2D eigenvalue weighted by Crippen LogP contribution is -2.35. The Morgan fingerprint density at radius 2 is 2.31 bits per heavy atom. The first kappa shape index (κ1) is 10.9. The first-order chi connectivity index (χ1) is 6.34. The van der Waals surface area contributed by atoms with Crippen LogP contribution in [0.3, 0.4) is 0 Å². The summed E-state index contributed by atoms with van der Waals surface area (Å²) < 4.78 is 5.09. The molecule has 1 rings (SSSR count). The van der Waals surface area contributed by atoms with E-state index in [0.29, 0.717) is 6.61 Å². The Morgan fingerprint density at radius 1 is 1.46 bits per heavy atom. The quantitative estimate of drug-likeness (QED) is 0.685. The van der Waals surface area contributed by atoms with Crippen molar-refractivity contribution in [2.24, 2.45) is 0 Å². The van der Waals surface area contributed by atoms with E-state index in [2.05, 4.69) is 0 Å². The molecule has 0 aromatic heterocycles. The highest BCUT2D eigenvalue weighted by Crippen LogP contribution is 2.09. The second-order valence-corrected chi connectivity index (χ2v) is 4.21. The van der Waals surface area contributed by atoms with Crippen LogP contribution in [-0.4, -0.2) is 48.6 Å². The van der Waals surface area contributed by atoms with Gasteiger partial charge in [0.05, 0.1) is 0 Å². The van der Waals surface area contributed by atoms with Crippen LogP contribution in [0.1, 0.15) is 13.3 Å². The monoisotopic (exact) mass is 203 g/mol. The maximum absolute atomic E-state index is 11.5. The molecule has 0 atom stereocenters. The summed E-state index contributed by atoms with van der Waals surface area (Å²) in [4.78, 5) is 13.4. The lowest BCUT2D eigenvalue weighted by Gasteiger charge is -2.19. The van der Waals surface area contributed by atoms with Gasteiger partial charge in [0.1, 0.15) is 6.61 Å². The van der Waals surface area contributed by atoms with Gasteiger partial charge >= 0.3 is 0 Å². The molecule has 3 nitrogen and oxygen atoms in total. The summed E-state index contributed by atoms with van der Waals surface area (Å²) in [5.74, 6) is 2.39. The predicted molar refractivity (Wildman–Crippen MR) is 55.0 cm³/mol. The summed E-state index contributed by atoms with van der Waals surface area (Å²) in [6.45, 7) is 4.57. The molecule has 0 aliphatic carbocycles. The van der Waals surface area contributed by atoms with E-state index >= 15 is 0 Å². The summed E-state index contributed by atoms with van der Waals surface area (Å²) in [6.07, 6.45) is 1.11. The van der Waals surface area contributed by atoms with E-state index in [1.54, 1.807) is 0 Å². The standard InChI is InChI=1S/C9H17NO2S/c1-2-12-8-9(11)10-4-3-6-13-7-5-10/h2-8H2,1H3. The highest BCUT2D eigenvalue weighted by atomic mass is 32.2. The van der Waals surface area contributed by atoms with E-state index in [4.69, 9.17) is 4.74 Å². The molecule has 1 heterocycles. The van der Waals surface area contributed by atoms with Gasteiger partial charge in [-0.3, -0.25) is 4.79 Å². The fourth-order valence-electron chi connectivity index (χ4n) is 1.28. The van der Waals surface area contributed by atoms with Crippen LogP contribution in [-0.2, 0) is 9.53 Å². The minimum absolute atomic E-state index is 0.143. The molecule has 1 fully saturated rings. The molecule has 4 heteroatoms. The maximum atomic E-state index is 11.5. The molecular weight excluding hydrogens is 186 g/mol. The molecule has 1 aliphatic rings. The molecule has 0 radical (unpaired) electrons. The molecule has 0 unspecified atom stereocenters. The Hall–Kier alpha value is -0.220. The third-order valence-electron chi connectivity index (χ3n) is 2.00. The zero-order chi connectivity index (χ0) is 9.52. The summed E-state index contributed by atoms with van der Waals surface area (Å²) >= 11 is 1.93. The number of rotatable bonds is 3. The van der Waals surface area contributed by atoms with Crippen molar-refractivity contribution < 1.29 is 9.53 Å². The SMILES string of the molecule is CCOCC(=O)N1CCCSCC1. The molecule has 0 bridgehead atoms. The number of carbonyl (C=O) groups excluding carboxylic acids is 1. The smallest absolute Gasteiger partial charge is 0.248 e. The Morgan fingerprint density at radius 3 is 3.08 bits per heavy atom. The van der Waals surface area contributed by atoms with E-state index in [9.17, 15) is 4.79 Å². The number of carbonyl (C=O) groups is 1. The summed E-state index contributed by atoms with van der Waals surface area (Å²) in [7, 11) is 0. The van der Waals surface area contributed by atoms with Crippen molar-refractivity contribution >= 4 is 17.7 Å². The fraction of sp³-hybridized carbons (Fsp3) is 0.889. The minimum atomic E-state index is 0.143. The van der Waals surface area contributed by atoms with E-state index in [1.807, 2.05) is 23.6 Å². The van der Waals surface area contributed by atoms with E-state index in [1.165, 1.54) is 5.75 Å². The van der Waals surface area contributed by atoms with Gasteiger partial charge in [-0.2, -0.15) is 11.8 Å². The first-order valence-electron chi connectivity index (χ1n) is 4.78. The Labute approximate surface area is 83.8 Å². The molecule has 13 heavy (non-hydrogen) atoms. The van der Waals surface area contributed by atoms with Crippen LogP contribution in [0.5, 0.6) is 0 Å². The second-order valence-electron chi connectivity index (χ2n) is 2.98. The number of nitrogens with zero attached hydrogens (tertiary/aromatic N) is 1. The summed E-state index contributed by atoms with van der Waals surface area (Å²) in [5, 5.41) is 0. The average molecular weight is 203 g/mol. The molecule has 0 aromatic carbocycles. The second kappa shape index (κ2) is 6.27. The van der Waals surface area contributed by atoms with Crippen molar-refractivity contribution in [1.29, 1.82) is 0 Å². The molecule has 1 aliphatic heterocycles. The van der Waals surface area contributed by atoms with E-state index in [0.717, 1.165) is 25.3 Å². The van der Waals surface area contributed by atoms with Crippen molar-refractivity contribution in [3.8, 4) is 0 Å². The number of ether oxygens (including phenoxy) is 1. The zero-order valence-electron chi connectivity index (χ0n) is 8.12. The number of thioether (sulfide) groups is 1. The first-order valence-corrected chi connectivity index (χ1v) is 5.93. The average Bonchev–Trinajstić information content (AvgIpc) is 2.42. The zero-order valence-corrected chi connectivity index (χ0v) is 8.94. The molecule has 1 saturated heterocycles. The van der Waals surface area contributed by atoms with Gasteiger partial charge < -0.3 is 9.64 Å². The number of amides is 1. The van der Waals surface area contributed by atoms with Crippen LogP contribution in [0.4, 0.5) is 0 Å². The van der Waals surface area contributed by atoms with Crippen molar-refractivity contribution in [1.82, 2.24) is 4.90 Å². The van der Waals surface area contributed by atoms with Gasteiger partial charge in [-0.15, -0.1) is 0 Å². The van der Waals surface area contributed by atoms with Gasteiger partial charge in [-0.25, -0.2) is 0 Å². The van der Waals surface area contributed by atoms with Gasteiger partial charge in [-0.05, 0) is 19.1 Å². The van der Waals surface area contributed by atoms with Crippen LogP contribution in [0.2, 0.25) is 0 Å². The number of hydrogen-bond donors (Lipinski definition) is 0. The van der Waals surface area contributed by atoms with Crippen LogP contribution in [0, 0.1) is 0 Å². The van der Waals surface area contributed by atoms with Gasteiger partial charge in [0.2, 0.25) is 5.91 Å². The van der Waals surface area contributed by atoms with Crippen LogP contribution >= 0.6 is 11.8 Å². The summed E-state index contributed by atoms with van der Waals surface area (Å²) in [6, 6.07) is 0. The predicted octanol–water partition coefficient (Wildman–Crippen LogP) is 0.988. The highest BCUT2D eigenvalue weighted by molar-refractivity contribution is 7.99. The Balaban J connectivity index is 2.26. The topological polar surface area (TPSA) is 29.5 Å². The molecule has 0 saturated carbocycles. The molecule has 0 aromatic rings. The summed E-state index contributed by atoms with van der Waals surface area (Å²) in [5.41, 5.74) is 0. The van der Waals surface area contributed by atoms with Gasteiger partial charge in [0.25, 0.3) is 0 Å². The van der Waals surface area contributed by atoms with E-state index in [-0.39, 0.29) is 12.5 Å². The van der Waals surface area contributed by atoms with Gasteiger partial charge in [0.15, 0.2) is 0 Å². The highest BCUT2D eigenvalue weighted by Gasteiger charge is 2.14. The van der Waals surface area contributed by atoms with Crippen molar-refractivity contribution in [3.63, 3.8) is 0 Å².